The lowest BCUT2D eigenvalue weighted by atomic mass is 10.0. The quantitative estimate of drug-likeness (QED) is 0.224. The lowest BCUT2D eigenvalue weighted by Crippen LogP contribution is -2.20. The van der Waals surface area contributed by atoms with E-state index >= 15 is 0 Å². The van der Waals surface area contributed by atoms with Crippen LogP contribution in [0.15, 0.2) is 48.5 Å². The first kappa shape index (κ1) is 22.2. The van der Waals surface area contributed by atoms with Crippen LogP contribution in [0, 0.1) is 17.0 Å². The SMILES string of the molecule is COC(=O)c1c(NC(=S)Nc2ccc(OC)cc2[N+](=O)[O-])sc(C)c1-c1ccccc1. The number of anilines is 2. The van der Waals surface area contributed by atoms with Crippen LogP contribution in [0.5, 0.6) is 5.75 Å². The van der Waals surface area contributed by atoms with Crippen molar-refractivity contribution in [1.29, 1.82) is 0 Å². The lowest BCUT2D eigenvalue weighted by Gasteiger charge is -2.12. The van der Waals surface area contributed by atoms with Crippen LogP contribution < -0.4 is 15.4 Å². The number of nitro groups is 1. The van der Waals surface area contributed by atoms with Gasteiger partial charge in [-0.05, 0) is 36.8 Å². The van der Waals surface area contributed by atoms with Crippen LogP contribution in [0.3, 0.4) is 0 Å². The number of hydrogen-bond acceptors (Lipinski definition) is 7. The molecule has 0 fully saturated rings. The molecule has 0 aliphatic heterocycles. The van der Waals surface area contributed by atoms with E-state index in [0.717, 1.165) is 16.0 Å². The van der Waals surface area contributed by atoms with Crippen LogP contribution in [-0.4, -0.2) is 30.2 Å². The second-order valence-corrected chi connectivity index (χ2v) is 7.95. The van der Waals surface area contributed by atoms with Crippen molar-refractivity contribution >= 4 is 51.0 Å². The van der Waals surface area contributed by atoms with Gasteiger partial charge >= 0.3 is 5.97 Å². The van der Waals surface area contributed by atoms with E-state index in [-0.39, 0.29) is 16.5 Å². The summed E-state index contributed by atoms with van der Waals surface area (Å²) in [5.74, 6) is -0.158. The molecule has 0 spiro atoms. The van der Waals surface area contributed by atoms with Gasteiger partial charge in [0.2, 0.25) is 0 Å². The maximum Gasteiger partial charge on any atom is 0.341 e. The summed E-state index contributed by atoms with van der Waals surface area (Å²) in [6, 6.07) is 13.9. The molecule has 0 atom stereocenters. The Kier molecular flexibility index (Phi) is 6.83. The first-order valence-corrected chi connectivity index (χ1v) is 10.3. The van der Waals surface area contributed by atoms with Crippen LogP contribution in [0.25, 0.3) is 11.1 Å². The molecule has 0 aliphatic carbocycles. The number of carbonyl (C=O) groups excluding carboxylic acids is 1. The van der Waals surface area contributed by atoms with Crippen LogP contribution in [0.1, 0.15) is 15.2 Å². The number of aryl methyl sites for hydroxylation is 1. The minimum Gasteiger partial charge on any atom is -0.496 e. The fourth-order valence-electron chi connectivity index (χ4n) is 3.03. The maximum atomic E-state index is 12.6. The molecule has 0 saturated heterocycles. The number of methoxy groups -OCH3 is 2. The Morgan fingerprint density at radius 1 is 1.13 bits per heavy atom. The molecule has 10 heteroatoms. The third-order valence-corrected chi connectivity index (χ3v) is 5.64. The van der Waals surface area contributed by atoms with Crippen LogP contribution >= 0.6 is 23.6 Å². The van der Waals surface area contributed by atoms with E-state index < -0.39 is 10.9 Å². The lowest BCUT2D eigenvalue weighted by molar-refractivity contribution is -0.384. The number of ether oxygens (including phenoxy) is 2. The highest BCUT2D eigenvalue weighted by atomic mass is 32.1. The van der Waals surface area contributed by atoms with Crippen LogP contribution in [-0.2, 0) is 4.74 Å². The molecule has 8 nitrogen and oxygen atoms in total. The molecule has 0 saturated carbocycles. The molecule has 0 amide bonds. The van der Waals surface area contributed by atoms with Gasteiger partial charge in [-0.3, -0.25) is 10.1 Å². The summed E-state index contributed by atoms with van der Waals surface area (Å²) in [6.45, 7) is 1.90. The van der Waals surface area contributed by atoms with Gasteiger partial charge in [0.25, 0.3) is 5.69 Å². The molecule has 1 heterocycles. The van der Waals surface area contributed by atoms with Crippen molar-refractivity contribution in [2.45, 2.75) is 6.92 Å². The number of nitro benzene ring substituents is 1. The Bertz CT molecular complexity index is 1150. The van der Waals surface area contributed by atoms with Gasteiger partial charge in [-0.1, -0.05) is 30.3 Å². The summed E-state index contributed by atoms with van der Waals surface area (Å²) in [5.41, 5.74) is 1.97. The molecular formula is C21H19N3O5S2. The van der Waals surface area contributed by atoms with E-state index in [4.69, 9.17) is 21.7 Å². The predicted octanol–water partition coefficient (Wildman–Crippen LogP) is 5.24. The Balaban J connectivity index is 1.94. The average molecular weight is 458 g/mol. The zero-order chi connectivity index (χ0) is 22.5. The van der Waals surface area contributed by atoms with Gasteiger partial charge in [0.1, 0.15) is 22.0 Å². The molecule has 3 rings (SSSR count). The Morgan fingerprint density at radius 2 is 1.84 bits per heavy atom. The van der Waals surface area contributed by atoms with E-state index in [2.05, 4.69) is 10.6 Å². The standard InChI is InChI=1S/C21H19N3O5S2/c1-12-17(13-7-5-4-6-8-13)18(20(25)29-3)19(31-12)23-21(30)22-15-10-9-14(28-2)11-16(15)24(26)27/h4-11H,1-3H3,(H2,22,23,30). The van der Waals surface area contributed by atoms with Crippen molar-refractivity contribution in [3.8, 4) is 16.9 Å². The number of thiophene rings is 1. The van der Waals surface area contributed by atoms with E-state index in [1.54, 1.807) is 6.07 Å². The van der Waals surface area contributed by atoms with Gasteiger partial charge in [0, 0.05) is 10.4 Å². The predicted molar refractivity (Wildman–Crippen MR) is 125 cm³/mol. The zero-order valence-corrected chi connectivity index (χ0v) is 18.6. The first-order valence-electron chi connectivity index (χ1n) is 9.03. The van der Waals surface area contributed by atoms with E-state index in [1.165, 1.54) is 37.7 Å². The monoisotopic (exact) mass is 457 g/mol. The number of rotatable bonds is 6. The second-order valence-electron chi connectivity index (χ2n) is 6.31. The van der Waals surface area contributed by atoms with Crippen molar-refractivity contribution in [3.63, 3.8) is 0 Å². The molecule has 0 bridgehead atoms. The van der Waals surface area contributed by atoms with Crippen molar-refractivity contribution < 1.29 is 19.2 Å². The van der Waals surface area contributed by atoms with E-state index in [1.807, 2.05) is 37.3 Å². The maximum absolute atomic E-state index is 12.6. The third-order valence-electron chi connectivity index (χ3n) is 4.41. The third kappa shape index (κ3) is 4.81. The van der Waals surface area contributed by atoms with Crippen molar-refractivity contribution in [1.82, 2.24) is 0 Å². The van der Waals surface area contributed by atoms with Crippen molar-refractivity contribution in [2.75, 3.05) is 24.9 Å². The average Bonchev–Trinajstić information content (AvgIpc) is 3.09. The summed E-state index contributed by atoms with van der Waals surface area (Å²) in [6.07, 6.45) is 0. The molecule has 3 aromatic rings. The second kappa shape index (κ2) is 9.54. The number of benzene rings is 2. The van der Waals surface area contributed by atoms with Gasteiger partial charge in [-0.25, -0.2) is 4.79 Å². The number of carbonyl (C=O) groups is 1. The summed E-state index contributed by atoms with van der Waals surface area (Å²) < 4.78 is 10.0. The van der Waals surface area contributed by atoms with Gasteiger partial charge in [-0.15, -0.1) is 11.3 Å². The summed E-state index contributed by atoms with van der Waals surface area (Å²) in [5, 5.41) is 17.8. The van der Waals surface area contributed by atoms with Gasteiger partial charge in [0.05, 0.1) is 25.2 Å². The Morgan fingerprint density at radius 3 is 2.45 bits per heavy atom. The molecule has 2 aromatic carbocycles. The minimum absolute atomic E-state index is 0.0966. The molecule has 0 aliphatic rings. The van der Waals surface area contributed by atoms with Crippen molar-refractivity contribution in [3.05, 3.63) is 69.1 Å². The zero-order valence-electron chi connectivity index (χ0n) is 16.9. The van der Waals surface area contributed by atoms with Gasteiger partial charge in [0.15, 0.2) is 5.11 Å². The molecule has 2 N–H and O–H groups in total. The smallest absolute Gasteiger partial charge is 0.341 e. The summed E-state index contributed by atoms with van der Waals surface area (Å²) in [7, 11) is 2.74. The van der Waals surface area contributed by atoms with Gasteiger partial charge < -0.3 is 20.1 Å². The van der Waals surface area contributed by atoms with Crippen LogP contribution in [0.2, 0.25) is 0 Å². The molecule has 0 unspecified atom stereocenters. The summed E-state index contributed by atoms with van der Waals surface area (Å²) in [4.78, 5) is 24.3. The normalized spacial score (nSPS) is 10.3. The van der Waals surface area contributed by atoms with Gasteiger partial charge in [-0.2, -0.15) is 0 Å². The van der Waals surface area contributed by atoms with Crippen LogP contribution in [0.4, 0.5) is 16.4 Å². The van der Waals surface area contributed by atoms with Crippen molar-refractivity contribution in [2.24, 2.45) is 0 Å². The number of nitrogens with one attached hydrogen (secondary N) is 2. The molecule has 0 radical (unpaired) electrons. The topological polar surface area (TPSA) is 103 Å². The number of thiocarbonyl (C=S) groups is 1. The fraction of sp³-hybridized carbons (Fsp3) is 0.143. The number of hydrogen-bond donors (Lipinski definition) is 2. The Labute approximate surface area is 188 Å². The highest BCUT2D eigenvalue weighted by Crippen LogP contribution is 2.40. The molecular weight excluding hydrogens is 438 g/mol. The number of esters is 1. The highest BCUT2D eigenvalue weighted by Gasteiger charge is 2.25. The first-order chi connectivity index (χ1) is 14.8. The van der Waals surface area contributed by atoms with E-state index in [9.17, 15) is 14.9 Å². The highest BCUT2D eigenvalue weighted by molar-refractivity contribution is 7.80. The fourth-order valence-corrected chi connectivity index (χ4v) is 4.38. The largest absolute Gasteiger partial charge is 0.496 e. The molecule has 160 valence electrons. The summed E-state index contributed by atoms with van der Waals surface area (Å²) >= 11 is 6.70. The van der Waals surface area contributed by atoms with E-state index in [0.29, 0.717) is 16.3 Å². The molecule has 1 aromatic heterocycles. The number of nitrogens with zero attached hydrogens (tertiary/aromatic N) is 1. The minimum atomic E-state index is -0.532. The Hall–Kier alpha value is -3.50. The molecule has 31 heavy (non-hydrogen) atoms.